The molecule has 0 saturated heterocycles. The Morgan fingerprint density at radius 2 is 1.81 bits per heavy atom. The number of carbonyl (C=O) groups excluding carboxylic acids is 1. The van der Waals surface area contributed by atoms with Crippen molar-refractivity contribution in [3.05, 3.63) is 47.5 Å². The van der Waals surface area contributed by atoms with E-state index in [1.54, 1.807) is 0 Å². The fourth-order valence-corrected chi connectivity index (χ4v) is 7.45. The highest BCUT2D eigenvalue weighted by Gasteiger charge is 2.59. The number of rotatable bonds is 6. The Labute approximate surface area is 184 Å². The molecule has 0 radical (unpaired) electrons. The first kappa shape index (κ1) is 21.2. The molecule has 0 amide bonds. The summed E-state index contributed by atoms with van der Waals surface area (Å²) in [5, 5.41) is 6.90. The summed E-state index contributed by atoms with van der Waals surface area (Å²) in [6.45, 7) is 2.12. The zero-order valence-corrected chi connectivity index (χ0v) is 18.2. The number of aryl methyl sites for hydroxylation is 1. The zero-order valence-electron chi connectivity index (χ0n) is 17.4. The normalized spacial score (nSPS) is 31.9. The Bertz CT molecular complexity index is 1010. The number of halogens is 2. The van der Waals surface area contributed by atoms with Gasteiger partial charge in [-0.05, 0) is 84.6 Å². The third kappa shape index (κ3) is 3.55. The second-order valence-electron chi connectivity index (χ2n) is 9.97. The molecule has 2 aromatic rings. The summed E-state index contributed by atoms with van der Waals surface area (Å²) in [5.41, 5.74) is 2.33. The van der Waals surface area contributed by atoms with Gasteiger partial charge in [0, 0.05) is 5.41 Å². The molecule has 4 aliphatic rings. The Kier molecular flexibility index (Phi) is 5.07. The van der Waals surface area contributed by atoms with E-state index in [-0.39, 0.29) is 17.4 Å². The molecular weight excluding hydrogens is 422 g/mol. The minimum absolute atomic E-state index is 0.00469. The second kappa shape index (κ2) is 7.42. The number of alkyl halides is 2. The van der Waals surface area contributed by atoms with Crippen LogP contribution < -0.4 is 0 Å². The van der Waals surface area contributed by atoms with E-state index in [1.807, 2.05) is 0 Å². The van der Waals surface area contributed by atoms with Gasteiger partial charge in [0.05, 0.1) is 6.61 Å². The van der Waals surface area contributed by atoms with Gasteiger partial charge in [0.15, 0.2) is 0 Å². The van der Waals surface area contributed by atoms with Crippen molar-refractivity contribution in [2.75, 3.05) is 6.61 Å². The molecule has 2 atom stereocenters. The van der Waals surface area contributed by atoms with Crippen molar-refractivity contribution in [3.63, 3.8) is 0 Å². The molecule has 2 unspecified atom stereocenters. The minimum atomic E-state index is -3.93. The SMILES string of the molecule is Cc1ccc(C23CC4CC(CC(COC(=O)C(F)(F)SOO)(C4)C2)C3)c2ccccc12. The molecule has 4 saturated carbocycles. The summed E-state index contributed by atoms with van der Waals surface area (Å²) >= 11 is -0.595. The largest absolute Gasteiger partial charge is 0.460 e. The van der Waals surface area contributed by atoms with Gasteiger partial charge in [-0.25, -0.2) is 10.1 Å². The lowest BCUT2D eigenvalue weighted by Crippen LogP contribution is -2.56. The lowest BCUT2D eigenvalue weighted by Gasteiger charge is -2.62. The lowest BCUT2D eigenvalue weighted by molar-refractivity contribution is -0.175. The van der Waals surface area contributed by atoms with Gasteiger partial charge in [-0.15, -0.1) is 0 Å². The molecule has 2 aromatic carbocycles. The topological polar surface area (TPSA) is 55.8 Å². The van der Waals surface area contributed by atoms with Crippen molar-refractivity contribution >= 4 is 28.8 Å². The predicted molar refractivity (Wildman–Crippen MR) is 115 cm³/mol. The molecule has 6 rings (SSSR count). The number of carbonyl (C=O) groups is 1. The first-order valence-corrected chi connectivity index (χ1v) is 11.5. The van der Waals surface area contributed by atoms with Crippen molar-refractivity contribution in [1.29, 1.82) is 0 Å². The second-order valence-corrected chi connectivity index (χ2v) is 10.8. The van der Waals surface area contributed by atoms with Gasteiger partial charge in [0.1, 0.15) is 12.0 Å². The van der Waals surface area contributed by atoms with Crippen LogP contribution in [0, 0.1) is 24.2 Å². The van der Waals surface area contributed by atoms with Gasteiger partial charge in [0.25, 0.3) is 0 Å². The molecule has 1 N–H and O–H groups in total. The van der Waals surface area contributed by atoms with E-state index in [2.05, 4.69) is 47.7 Å². The lowest BCUT2D eigenvalue weighted by atomic mass is 9.43. The standard InChI is InChI=1S/C24H26F2O4S/c1-15-6-7-20(19-5-3-2-4-18(15)19)23-11-16-8-17(12-23)10-22(9-16,13-23)14-29-21(27)24(25,26)31-30-28/h2-7,16-17,28H,8-14H2,1H3. The minimum Gasteiger partial charge on any atom is -0.460 e. The summed E-state index contributed by atoms with van der Waals surface area (Å²) in [7, 11) is 0. The summed E-state index contributed by atoms with van der Waals surface area (Å²) in [5.74, 6) is -0.608. The smallest absolute Gasteiger partial charge is 0.415 e. The summed E-state index contributed by atoms with van der Waals surface area (Å²) < 4.78 is 36.0. The van der Waals surface area contributed by atoms with E-state index >= 15 is 0 Å². The molecule has 31 heavy (non-hydrogen) atoms. The highest BCUT2D eigenvalue weighted by molar-refractivity contribution is 7.96. The molecule has 7 heteroatoms. The maximum atomic E-state index is 13.7. The van der Waals surface area contributed by atoms with Crippen molar-refractivity contribution in [1.82, 2.24) is 0 Å². The van der Waals surface area contributed by atoms with Crippen LogP contribution in [0.5, 0.6) is 0 Å². The third-order valence-electron chi connectivity index (χ3n) is 7.78. The maximum Gasteiger partial charge on any atom is 0.415 e. The molecule has 4 nitrogen and oxygen atoms in total. The molecule has 4 bridgehead atoms. The van der Waals surface area contributed by atoms with Crippen LogP contribution in [0.3, 0.4) is 0 Å². The predicted octanol–water partition coefficient (Wildman–Crippen LogP) is 6.26. The first-order valence-electron chi connectivity index (χ1n) is 10.8. The molecule has 0 aromatic heterocycles. The van der Waals surface area contributed by atoms with Crippen LogP contribution in [0.2, 0.25) is 0 Å². The molecule has 0 spiro atoms. The van der Waals surface area contributed by atoms with E-state index in [0.717, 1.165) is 32.1 Å². The Hall–Kier alpha value is -1.70. The van der Waals surface area contributed by atoms with Gasteiger partial charge >= 0.3 is 11.2 Å². The summed E-state index contributed by atoms with van der Waals surface area (Å²) in [6.07, 6.45) is 6.07. The zero-order chi connectivity index (χ0) is 21.9. The number of benzene rings is 2. The average Bonchev–Trinajstić information content (AvgIpc) is 2.71. The Morgan fingerprint density at radius 3 is 2.48 bits per heavy atom. The molecular formula is C24H26F2O4S. The first-order chi connectivity index (χ1) is 14.8. The highest BCUT2D eigenvalue weighted by atomic mass is 32.2. The van der Waals surface area contributed by atoms with Crippen LogP contribution in [0.25, 0.3) is 10.8 Å². The van der Waals surface area contributed by atoms with Crippen LogP contribution in [-0.2, 0) is 19.3 Å². The van der Waals surface area contributed by atoms with Gasteiger partial charge in [-0.2, -0.15) is 13.1 Å². The fraction of sp³-hybridized carbons (Fsp3) is 0.542. The number of ether oxygens (including phenoxy) is 1. The van der Waals surface area contributed by atoms with Gasteiger partial charge < -0.3 is 4.74 Å². The van der Waals surface area contributed by atoms with E-state index < -0.39 is 23.3 Å². The van der Waals surface area contributed by atoms with Crippen molar-refractivity contribution in [2.24, 2.45) is 17.3 Å². The average molecular weight is 449 g/mol. The summed E-state index contributed by atoms with van der Waals surface area (Å²) in [4.78, 5) is 11.9. The number of hydrogen-bond donors (Lipinski definition) is 1. The number of fused-ring (bicyclic) bond motifs is 1. The van der Waals surface area contributed by atoms with Crippen molar-refractivity contribution in [3.8, 4) is 0 Å². The molecule has 166 valence electrons. The Balaban J connectivity index is 1.47. The molecule has 0 aliphatic heterocycles. The van der Waals surface area contributed by atoms with Gasteiger partial charge in [-0.3, -0.25) is 0 Å². The third-order valence-corrected chi connectivity index (χ3v) is 8.24. The fourth-order valence-electron chi connectivity index (χ4n) is 7.23. The van der Waals surface area contributed by atoms with Crippen LogP contribution in [-0.4, -0.2) is 23.1 Å². The van der Waals surface area contributed by atoms with E-state index in [4.69, 9.17) is 9.99 Å². The Morgan fingerprint density at radius 1 is 1.13 bits per heavy atom. The number of hydrogen-bond acceptors (Lipinski definition) is 5. The molecule has 0 heterocycles. The van der Waals surface area contributed by atoms with Crippen LogP contribution >= 0.6 is 12.0 Å². The van der Waals surface area contributed by atoms with Crippen molar-refractivity contribution < 1.29 is 27.9 Å². The maximum absolute atomic E-state index is 13.7. The van der Waals surface area contributed by atoms with Crippen LogP contribution in [0.1, 0.15) is 49.7 Å². The monoisotopic (exact) mass is 448 g/mol. The van der Waals surface area contributed by atoms with Crippen LogP contribution in [0.15, 0.2) is 36.4 Å². The van der Waals surface area contributed by atoms with E-state index in [9.17, 15) is 13.6 Å². The number of esters is 1. The summed E-state index contributed by atoms with van der Waals surface area (Å²) in [6, 6.07) is 12.9. The van der Waals surface area contributed by atoms with Gasteiger partial charge in [0.2, 0.25) is 0 Å². The van der Waals surface area contributed by atoms with E-state index in [0.29, 0.717) is 11.8 Å². The highest BCUT2D eigenvalue weighted by Crippen LogP contribution is 2.66. The van der Waals surface area contributed by atoms with Crippen LogP contribution in [0.4, 0.5) is 8.78 Å². The van der Waals surface area contributed by atoms with Crippen molar-refractivity contribution in [2.45, 2.75) is 56.1 Å². The molecule has 4 aliphatic carbocycles. The van der Waals surface area contributed by atoms with E-state index in [1.165, 1.54) is 28.3 Å². The van der Waals surface area contributed by atoms with Gasteiger partial charge in [-0.1, -0.05) is 36.4 Å². The quantitative estimate of drug-likeness (QED) is 0.245. The molecule has 4 fully saturated rings.